The van der Waals surface area contributed by atoms with Gasteiger partial charge in [-0.1, -0.05) is 5.21 Å². The first-order valence-electron chi connectivity index (χ1n) is 7.06. The average molecular weight is 327 g/mol. The smallest absolute Gasteiger partial charge is 0.332 e. The van der Waals surface area contributed by atoms with Gasteiger partial charge in [-0.2, -0.15) is 9.67 Å². The molecule has 11 heteroatoms. The van der Waals surface area contributed by atoms with Crippen LogP contribution in [0.4, 0.5) is 0 Å². The van der Waals surface area contributed by atoms with Gasteiger partial charge in [-0.3, -0.25) is 13.9 Å². The lowest BCUT2D eigenvalue weighted by Crippen LogP contribution is -2.36. The Morgan fingerprint density at radius 1 is 1.12 bits per heavy atom. The van der Waals surface area contributed by atoms with E-state index in [-0.39, 0.29) is 11.2 Å². The molecule has 0 fully saturated rings. The van der Waals surface area contributed by atoms with Crippen molar-refractivity contribution < 1.29 is 0 Å². The summed E-state index contributed by atoms with van der Waals surface area (Å²) in [6.45, 7) is 1.84. The number of aromatic amines is 2. The summed E-state index contributed by atoms with van der Waals surface area (Å²) in [5, 5.41) is 8.06. The van der Waals surface area contributed by atoms with Crippen LogP contribution in [0.5, 0.6) is 0 Å². The zero-order chi connectivity index (χ0) is 17.0. The largest absolute Gasteiger partial charge is 0.341 e. The van der Waals surface area contributed by atoms with Crippen molar-refractivity contribution in [2.75, 3.05) is 0 Å². The highest BCUT2D eigenvalue weighted by Crippen LogP contribution is 2.15. The third kappa shape index (κ3) is 1.91. The van der Waals surface area contributed by atoms with Gasteiger partial charge in [-0.25, -0.2) is 9.78 Å². The second-order valence-corrected chi connectivity index (χ2v) is 5.40. The minimum Gasteiger partial charge on any atom is -0.341 e. The third-order valence-corrected chi connectivity index (χ3v) is 3.77. The molecule has 11 nitrogen and oxygen atoms in total. The lowest BCUT2D eigenvalue weighted by molar-refractivity contribution is 0.708. The highest BCUT2D eigenvalue weighted by molar-refractivity contribution is 5.71. The van der Waals surface area contributed by atoms with E-state index in [0.29, 0.717) is 11.6 Å². The number of aromatic nitrogens is 9. The number of aryl methyl sites for hydroxylation is 2. The predicted octanol–water partition coefficient (Wildman–Crippen LogP) is -0.760. The van der Waals surface area contributed by atoms with E-state index in [2.05, 4.69) is 30.2 Å². The second-order valence-electron chi connectivity index (χ2n) is 5.40. The molecule has 2 N–H and O–H groups in total. The number of nitrogens with one attached hydrogen (secondary N) is 2. The Bertz CT molecular complexity index is 1190. The normalized spacial score (nSPS) is 11.5. The molecule has 0 radical (unpaired) electrons. The SMILES string of the molecule is Cc1ncc(-c2cn(-c3nc4c([nH]3)c(=O)n(C)c(=O)n4C)nn2)[nH]1. The van der Waals surface area contributed by atoms with Crippen LogP contribution in [-0.2, 0) is 14.1 Å². The molecule has 4 heterocycles. The molecule has 4 aromatic heterocycles. The monoisotopic (exact) mass is 327 g/mol. The molecule has 122 valence electrons. The van der Waals surface area contributed by atoms with Crippen LogP contribution in [0, 0.1) is 6.92 Å². The fourth-order valence-electron chi connectivity index (χ4n) is 2.46. The number of H-pyrrole nitrogens is 2. The van der Waals surface area contributed by atoms with Crippen LogP contribution in [0.15, 0.2) is 22.0 Å². The number of hydrogen-bond acceptors (Lipinski definition) is 6. The van der Waals surface area contributed by atoms with E-state index >= 15 is 0 Å². The zero-order valence-corrected chi connectivity index (χ0v) is 13.1. The van der Waals surface area contributed by atoms with Crippen molar-refractivity contribution >= 4 is 11.2 Å². The predicted molar refractivity (Wildman–Crippen MR) is 83.8 cm³/mol. The maximum absolute atomic E-state index is 12.2. The molecule has 24 heavy (non-hydrogen) atoms. The van der Waals surface area contributed by atoms with Gasteiger partial charge in [0, 0.05) is 14.1 Å². The molecule has 0 unspecified atom stereocenters. The Morgan fingerprint density at radius 3 is 2.62 bits per heavy atom. The Kier molecular flexibility index (Phi) is 2.79. The fourth-order valence-corrected chi connectivity index (χ4v) is 2.46. The van der Waals surface area contributed by atoms with Crippen molar-refractivity contribution in [2.24, 2.45) is 14.1 Å². The van der Waals surface area contributed by atoms with Crippen LogP contribution < -0.4 is 11.2 Å². The Balaban J connectivity index is 1.88. The van der Waals surface area contributed by atoms with Gasteiger partial charge in [0.25, 0.3) is 5.56 Å². The quantitative estimate of drug-likeness (QED) is 0.497. The van der Waals surface area contributed by atoms with E-state index < -0.39 is 11.2 Å². The van der Waals surface area contributed by atoms with Crippen molar-refractivity contribution in [3.05, 3.63) is 39.1 Å². The Morgan fingerprint density at radius 2 is 1.92 bits per heavy atom. The van der Waals surface area contributed by atoms with Gasteiger partial charge in [0.15, 0.2) is 11.2 Å². The molecular formula is C13H13N9O2. The van der Waals surface area contributed by atoms with E-state index in [4.69, 9.17) is 0 Å². The Labute approximate surface area is 133 Å². The van der Waals surface area contributed by atoms with E-state index in [0.717, 1.165) is 16.1 Å². The number of hydrogen-bond donors (Lipinski definition) is 2. The molecule has 0 aliphatic heterocycles. The number of imidazole rings is 2. The highest BCUT2D eigenvalue weighted by atomic mass is 16.2. The van der Waals surface area contributed by atoms with Crippen molar-refractivity contribution in [3.63, 3.8) is 0 Å². The lowest BCUT2D eigenvalue weighted by atomic mass is 10.4. The molecule has 4 aromatic rings. The third-order valence-electron chi connectivity index (χ3n) is 3.77. The molecule has 0 spiro atoms. The van der Waals surface area contributed by atoms with Gasteiger partial charge in [0.2, 0.25) is 5.95 Å². The summed E-state index contributed by atoms with van der Waals surface area (Å²) in [4.78, 5) is 38.5. The summed E-state index contributed by atoms with van der Waals surface area (Å²) < 4.78 is 3.71. The van der Waals surface area contributed by atoms with Gasteiger partial charge in [-0.05, 0) is 6.92 Å². The number of nitrogens with zero attached hydrogens (tertiary/aromatic N) is 7. The number of fused-ring (bicyclic) bond motifs is 1. The van der Waals surface area contributed by atoms with E-state index in [1.807, 2.05) is 6.92 Å². The van der Waals surface area contributed by atoms with Crippen molar-refractivity contribution in [1.29, 1.82) is 0 Å². The lowest BCUT2D eigenvalue weighted by Gasteiger charge is -2.00. The van der Waals surface area contributed by atoms with Crippen molar-refractivity contribution in [1.82, 2.24) is 44.1 Å². The molecule has 0 saturated carbocycles. The molecule has 0 atom stereocenters. The van der Waals surface area contributed by atoms with Crippen LogP contribution in [-0.4, -0.2) is 44.1 Å². The van der Waals surface area contributed by atoms with Gasteiger partial charge in [-0.15, -0.1) is 5.10 Å². The van der Waals surface area contributed by atoms with Crippen LogP contribution in [0.25, 0.3) is 28.5 Å². The van der Waals surface area contributed by atoms with Crippen LogP contribution >= 0.6 is 0 Å². The molecule has 0 aromatic carbocycles. The summed E-state index contributed by atoms with van der Waals surface area (Å²) in [6.07, 6.45) is 3.30. The van der Waals surface area contributed by atoms with Gasteiger partial charge in [0.1, 0.15) is 11.5 Å². The highest BCUT2D eigenvalue weighted by Gasteiger charge is 2.16. The molecule has 0 amide bonds. The summed E-state index contributed by atoms with van der Waals surface area (Å²) in [5.74, 6) is 1.06. The first-order chi connectivity index (χ1) is 11.5. The molecule has 4 rings (SSSR count). The van der Waals surface area contributed by atoms with Gasteiger partial charge < -0.3 is 9.97 Å². The number of rotatable bonds is 2. The van der Waals surface area contributed by atoms with Crippen molar-refractivity contribution in [2.45, 2.75) is 6.92 Å². The van der Waals surface area contributed by atoms with Crippen LogP contribution in [0.3, 0.4) is 0 Å². The molecular weight excluding hydrogens is 314 g/mol. The average Bonchev–Trinajstić information content (AvgIpc) is 3.28. The standard InChI is InChI=1S/C13H13N9O2/c1-6-14-4-7(15-6)8-5-22(19-18-8)12-16-9-10(17-12)20(2)13(24)21(3)11(9)23/h4-5H,1-3H3,(H,14,15)(H,16,17). The summed E-state index contributed by atoms with van der Waals surface area (Å²) in [5.41, 5.74) is 0.890. The maximum atomic E-state index is 12.2. The maximum Gasteiger partial charge on any atom is 0.332 e. The summed E-state index contributed by atoms with van der Waals surface area (Å²) >= 11 is 0. The van der Waals surface area contributed by atoms with Gasteiger partial charge in [0.05, 0.1) is 18.1 Å². The van der Waals surface area contributed by atoms with E-state index in [1.165, 1.54) is 16.3 Å². The summed E-state index contributed by atoms with van der Waals surface area (Å²) in [6, 6.07) is 0. The minimum atomic E-state index is -0.448. The second kappa shape index (κ2) is 4.75. The van der Waals surface area contributed by atoms with Crippen molar-refractivity contribution in [3.8, 4) is 17.3 Å². The Hall–Kier alpha value is -3.50. The molecule has 0 bridgehead atoms. The van der Waals surface area contributed by atoms with Gasteiger partial charge >= 0.3 is 5.69 Å². The fraction of sp³-hybridized carbons (Fsp3) is 0.231. The first-order valence-corrected chi connectivity index (χ1v) is 7.06. The topological polar surface area (TPSA) is 132 Å². The molecule has 0 aliphatic rings. The van der Waals surface area contributed by atoms with E-state index in [1.54, 1.807) is 19.4 Å². The van der Waals surface area contributed by atoms with Crippen LogP contribution in [0.1, 0.15) is 5.82 Å². The molecule has 0 aliphatic carbocycles. The van der Waals surface area contributed by atoms with E-state index in [9.17, 15) is 9.59 Å². The zero-order valence-electron chi connectivity index (χ0n) is 13.1. The molecule has 0 saturated heterocycles. The minimum absolute atomic E-state index is 0.226. The first kappa shape index (κ1) is 14.1. The summed E-state index contributed by atoms with van der Waals surface area (Å²) in [7, 11) is 2.97. The van der Waals surface area contributed by atoms with Crippen LogP contribution in [0.2, 0.25) is 0 Å².